The van der Waals surface area contributed by atoms with E-state index >= 15 is 0 Å². The number of benzene rings is 1. The first-order valence-electron chi connectivity index (χ1n) is 5.27. The van der Waals surface area contributed by atoms with Crippen molar-refractivity contribution in [3.63, 3.8) is 0 Å². The number of nitrogen functional groups attached to an aromatic ring is 1. The van der Waals surface area contributed by atoms with Crippen LogP contribution in [0, 0.1) is 0 Å². The number of carbonyl (C=O) groups is 1. The van der Waals surface area contributed by atoms with Gasteiger partial charge in [0.15, 0.2) is 0 Å². The molecule has 0 radical (unpaired) electrons. The summed E-state index contributed by atoms with van der Waals surface area (Å²) in [4.78, 5) is 11.6. The van der Waals surface area contributed by atoms with Crippen molar-refractivity contribution in [2.45, 2.75) is 6.42 Å². The van der Waals surface area contributed by atoms with Crippen LogP contribution in [0.2, 0.25) is 10.0 Å². The van der Waals surface area contributed by atoms with Crippen LogP contribution >= 0.6 is 23.2 Å². The second-order valence-electron chi connectivity index (χ2n) is 3.49. The normalized spacial score (nSPS) is 10.4. The average molecular weight is 293 g/mol. The minimum atomic E-state index is -0.276. The summed E-state index contributed by atoms with van der Waals surface area (Å²) in [5, 5.41) is 11.6. The lowest BCUT2D eigenvalue weighted by Crippen LogP contribution is -2.15. The lowest BCUT2D eigenvalue weighted by molar-refractivity contribution is -0.117. The fourth-order valence-electron chi connectivity index (χ4n) is 1.25. The van der Waals surface area contributed by atoms with Gasteiger partial charge >= 0.3 is 0 Å². The first-order chi connectivity index (χ1) is 8.54. The fourth-order valence-corrected chi connectivity index (χ4v) is 1.84. The van der Waals surface area contributed by atoms with Crippen molar-refractivity contribution in [3.05, 3.63) is 22.2 Å². The molecule has 100 valence electrons. The van der Waals surface area contributed by atoms with Crippen LogP contribution < -0.4 is 11.1 Å². The van der Waals surface area contributed by atoms with Gasteiger partial charge in [-0.2, -0.15) is 0 Å². The van der Waals surface area contributed by atoms with Gasteiger partial charge in [-0.05, 0) is 12.1 Å². The molecule has 0 aliphatic heterocycles. The molecule has 1 amide bonds. The first-order valence-corrected chi connectivity index (χ1v) is 6.03. The van der Waals surface area contributed by atoms with Crippen molar-refractivity contribution >= 4 is 40.5 Å². The van der Waals surface area contributed by atoms with E-state index in [1.165, 1.54) is 12.1 Å². The highest BCUT2D eigenvalue weighted by atomic mass is 35.5. The number of nitrogens with one attached hydrogen (secondary N) is 1. The molecule has 0 aliphatic rings. The Balaban J connectivity index is 2.54. The van der Waals surface area contributed by atoms with E-state index in [1.54, 1.807) is 0 Å². The van der Waals surface area contributed by atoms with Crippen LogP contribution in [-0.2, 0) is 9.53 Å². The van der Waals surface area contributed by atoms with Gasteiger partial charge in [0.05, 0.1) is 42.0 Å². The van der Waals surface area contributed by atoms with Crippen molar-refractivity contribution in [1.82, 2.24) is 0 Å². The number of amides is 1. The minimum absolute atomic E-state index is 0.0722. The Morgan fingerprint density at radius 1 is 1.33 bits per heavy atom. The van der Waals surface area contributed by atoms with Crippen molar-refractivity contribution in [3.8, 4) is 0 Å². The molecule has 0 aliphatic carbocycles. The highest BCUT2D eigenvalue weighted by Gasteiger charge is 2.10. The summed E-state index contributed by atoms with van der Waals surface area (Å²) in [7, 11) is 0. The smallest absolute Gasteiger partial charge is 0.226 e. The topological polar surface area (TPSA) is 84.6 Å². The molecule has 7 heteroatoms. The number of carbonyl (C=O) groups excluding carboxylic acids is 1. The second-order valence-corrected chi connectivity index (χ2v) is 4.31. The highest BCUT2D eigenvalue weighted by molar-refractivity contribution is 6.40. The number of ether oxygens (including phenoxy) is 1. The molecule has 0 heterocycles. The van der Waals surface area contributed by atoms with Gasteiger partial charge in [-0.15, -0.1) is 0 Å². The maximum Gasteiger partial charge on any atom is 0.226 e. The Hall–Kier alpha value is -1.01. The predicted octanol–water partition coefficient (Wildman–Crippen LogP) is 1.91. The van der Waals surface area contributed by atoms with Crippen LogP contribution in [0.3, 0.4) is 0 Å². The van der Waals surface area contributed by atoms with Gasteiger partial charge in [0, 0.05) is 5.69 Å². The van der Waals surface area contributed by atoms with Gasteiger partial charge in [0.2, 0.25) is 5.91 Å². The summed E-state index contributed by atoms with van der Waals surface area (Å²) in [5.74, 6) is -0.276. The molecule has 18 heavy (non-hydrogen) atoms. The Labute approximate surface area is 115 Å². The highest BCUT2D eigenvalue weighted by Crippen LogP contribution is 2.32. The Morgan fingerprint density at radius 3 is 2.50 bits per heavy atom. The molecule has 0 fully saturated rings. The molecule has 0 atom stereocenters. The summed E-state index contributed by atoms with van der Waals surface area (Å²) >= 11 is 11.8. The maximum atomic E-state index is 11.6. The van der Waals surface area contributed by atoms with Crippen LogP contribution in [0.25, 0.3) is 0 Å². The SMILES string of the molecule is Nc1cc(Cl)c(NC(=O)CCOCCO)c(Cl)c1. The summed E-state index contributed by atoms with van der Waals surface area (Å²) in [6, 6.07) is 3.01. The number of halogens is 2. The van der Waals surface area contributed by atoms with Crippen molar-refractivity contribution in [1.29, 1.82) is 0 Å². The first kappa shape index (κ1) is 15.0. The predicted molar refractivity (Wildman–Crippen MR) is 72.0 cm³/mol. The van der Waals surface area contributed by atoms with E-state index in [9.17, 15) is 4.79 Å². The third kappa shape index (κ3) is 4.70. The standard InChI is InChI=1S/C11H14Cl2N2O3/c12-8-5-7(14)6-9(13)11(8)15-10(17)1-3-18-4-2-16/h5-6,16H,1-4,14H2,(H,15,17). The molecule has 1 rings (SSSR count). The van der Waals surface area contributed by atoms with E-state index in [0.29, 0.717) is 11.4 Å². The second kappa shape index (κ2) is 7.43. The molecular formula is C11H14Cl2N2O3. The zero-order valence-corrected chi connectivity index (χ0v) is 11.1. The number of aliphatic hydroxyl groups excluding tert-OH is 1. The number of hydrogen-bond donors (Lipinski definition) is 3. The van der Waals surface area contributed by atoms with Gasteiger partial charge in [-0.3, -0.25) is 4.79 Å². The minimum Gasteiger partial charge on any atom is -0.399 e. The van der Waals surface area contributed by atoms with Gasteiger partial charge in [0.1, 0.15) is 0 Å². The molecule has 0 saturated carbocycles. The molecule has 4 N–H and O–H groups in total. The Kier molecular flexibility index (Phi) is 6.21. The molecule has 0 saturated heterocycles. The molecule has 1 aromatic rings. The van der Waals surface area contributed by atoms with E-state index in [4.69, 9.17) is 38.8 Å². The average Bonchev–Trinajstić information content (AvgIpc) is 2.29. The molecule has 1 aromatic carbocycles. The molecule has 0 unspecified atom stereocenters. The number of aliphatic hydroxyl groups is 1. The third-order valence-corrected chi connectivity index (χ3v) is 2.63. The van der Waals surface area contributed by atoms with E-state index in [-0.39, 0.29) is 42.2 Å². The monoisotopic (exact) mass is 292 g/mol. The van der Waals surface area contributed by atoms with E-state index in [1.807, 2.05) is 0 Å². The van der Waals surface area contributed by atoms with Crippen molar-refractivity contribution < 1.29 is 14.6 Å². The van der Waals surface area contributed by atoms with Crippen LogP contribution in [-0.4, -0.2) is 30.8 Å². The van der Waals surface area contributed by atoms with Crippen LogP contribution in [0.15, 0.2) is 12.1 Å². The molecular weight excluding hydrogens is 279 g/mol. The van der Waals surface area contributed by atoms with Crippen LogP contribution in [0.4, 0.5) is 11.4 Å². The summed E-state index contributed by atoms with van der Waals surface area (Å²) in [6.45, 7) is 0.352. The molecule has 5 nitrogen and oxygen atoms in total. The van der Waals surface area contributed by atoms with Crippen LogP contribution in [0.1, 0.15) is 6.42 Å². The number of rotatable bonds is 6. The number of hydrogen-bond acceptors (Lipinski definition) is 4. The molecule has 0 bridgehead atoms. The number of anilines is 2. The Morgan fingerprint density at radius 2 is 1.94 bits per heavy atom. The van der Waals surface area contributed by atoms with Crippen molar-refractivity contribution in [2.24, 2.45) is 0 Å². The summed E-state index contributed by atoms with van der Waals surface area (Å²) < 4.78 is 4.97. The largest absolute Gasteiger partial charge is 0.399 e. The van der Waals surface area contributed by atoms with Gasteiger partial charge in [-0.1, -0.05) is 23.2 Å². The summed E-state index contributed by atoms with van der Waals surface area (Å²) in [5.41, 5.74) is 6.31. The summed E-state index contributed by atoms with van der Waals surface area (Å²) in [6.07, 6.45) is 0.150. The van der Waals surface area contributed by atoms with Gasteiger partial charge in [-0.25, -0.2) is 0 Å². The number of nitrogens with two attached hydrogens (primary N) is 1. The third-order valence-electron chi connectivity index (χ3n) is 2.04. The van der Waals surface area contributed by atoms with Gasteiger partial charge in [0.25, 0.3) is 0 Å². The van der Waals surface area contributed by atoms with Crippen LogP contribution in [0.5, 0.6) is 0 Å². The molecule has 0 spiro atoms. The van der Waals surface area contributed by atoms with E-state index in [2.05, 4.69) is 5.32 Å². The quantitative estimate of drug-likeness (QED) is 0.552. The lowest BCUT2D eigenvalue weighted by Gasteiger charge is -2.10. The lowest BCUT2D eigenvalue weighted by atomic mass is 10.2. The maximum absolute atomic E-state index is 11.6. The fraction of sp³-hybridized carbons (Fsp3) is 0.364. The van der Waals surface area contributed by atoms with E-state index in [0.717, 1.165) is 0 Å². The van der Waals surface area contributed by atoms with Crippen molar-refractivity contribution in [2.75, 3.05) is 30.9 Å². The van der Waals surface area contributed by atoms with Gasteiger partial charge < -0.3 is 20.9 Å². The van der Waals surface area contributed by atoms with E-state index < -0.39 is 0 Å². The zero-order chi connectivity index (χ0) is 13.5. The zero-order valence-electron chi connectivity index (χ0n) is 9.58. The molecule has 0 aromatic heterocycles. The Bertz CT molecular complexity index is 404.